The highest BCUT2D eigenvalue weighted by atomic mass is 16.6. The molecule has 0 saturated heterocycles. The lowest BCUT2D eigenvalue weighted by molar-refractivity contribution is -0.384. The highest BCUT2D eigenvalue weighted by molar-refractivity contribution is 5.98. The zero-order valence-corrected chi connectivity index (χ0v) is 16.5. The van der Waals surface area contributed by atoms with Crippen molar-refractivity contribution in [1.29, 1.82) is 0 Å². The maximum absolute atomic E-state index is 12.1. The van der Waals surface area contributed by atoms with Crippen molar-refractivity contribution >= 4 is 35.2 Å². The van der Waals surface area contributed by atoms with Gasteiger partial charge in [-0.3, -0.25) is 35.3 Å². The maximum atomic E-state index is 12.1. The van der Waals surface area contributed by atoms with E-state index in [1.807, 2.05) is 13.8 Å². The summed E-state index contributed by atoms with van der Waals surface area (Å²) in [5, 5.41) is 13.4. The highest BCUT2D eigenvalue weighted by Crippen LogP contribution is 2.13. The van der Waals surface area contributed by atoms with Crippen LogP contribution < -0.4 is 16.2 Å². The number of carbonyl (C=O) groups excluding carboxylic acids is 3. The van der Waals surface area contributed by atoms with Gasteiger partial charge in [0.05, 0.1) is 4.92 Å². The Hall–Kier alpha value is -4.01. The van der Waals surface area contributed by atoms with Gasteiger partial charge in [-0.05, 0) is 54.0 Å². The number of nitro benzene ring substituents is 1. The number of anilines is 1. The smallest absolute Gasteiger partial charge is 0.269 e. The lowest BCUT2D eigenvalue weighted by atomic mass is 10.1. The SMILES string of the molecule is CC(C)CC(=O)Nc1ccc(C(=O)NNC(=O)/C=C/c2ccc([N+](=O)[O-])cc2)cc1. The van der Waals surface area contributed by atoms with Gasteiger partial charge >= 0.3 is 0 Å². The van der Waals surface area contributed by atoms with Crippen LogP contribution >= 0.6 is 0 Å². The Labute approximate surface area is 173 Å². The van der Waals surface area contributed by atoms with E-state index in [4.69, 9.17) is 0 Å². The summed E-state index contributed by atoms with van der Waals surface area (Å²) in [5.74, 6) is -0.950. The summed E-state index contributed by atoms with van der Waals surface area (Å²) in [6.07, 6.45) is 3.05. The van der Waals surface area contributed by atoms with Gasteiger partial charge in [-0.1, -0.05) is 13.8 Å². The van der Waals surface area contributed by atoms with Crippen LogP contribution in [0.4, 0.5) is 11.4 Å². The number of hydrogen-bond donors (Lipinski definition) is 3. The van der Waals surface area contributed by atoms with Crippen LogP contribution in [0.1, 0.15) is 36.2 Å². The average molecular weight is 410 g/mol. The molecule has 0 unspecified atom stereocenters. The number of non-ortho nitro benzene ring substituents is 1. The summed E-state index contributed by atoms with van der Waals surface area (Å²) in [7, 11) is 0. The molecule has 2 aromatic rings. The number of carbonyl (C=O) groups is 3. The van der Waals surface area contributed by atoms with E-state index in [-0.39, 0.29) is 17.5 Å². The molecule has 0 heterocycles. The Kier molecular flexibility index (Phi) is 7.81. The molecule has 0 saturated carbocycles. The molecule has 3 N–H and O–H groups in total. The monoisotopic (exact) mass is 410 g/mol. The first-order valence-corrected chi connectivity index (χ1v) is 9.17. The van der Waals surface area contributed by atoms with Crippen molar-refractivity contribution in [2.45, 2.75) is 20.3 Å². The fraction of sp³-hybridized carbons (Fsp3) is 0.190. The predicted octanol–water partition coefficient (Wildman–Crippen LogP) is 3.05. The molecule has 156 valence electrons. The van der Waals surface area contributed by atoms with E-state index < -0.39 is 16.7 Å². The first-order valence-electron chi connectivity index (χ1n) is 9.17. The zero-order chi connectivity index (χ0) is 22.1. The molecular weight excluding hydrogens is 388 g/mol. The second kappa shape index (κ2) is 10.5. The van der Waals surface area contributed by atoms with Crippen LogP contribution in [0.3, 0.4) is 0 Å². The molecule has 0 fully saturated rings. The Morgan fingerprint density at radius 3 is 2.20 bits per heavy atom. The van der Waals surface area contributed by atoms with E-state index in [9.17, 15) is 24.5 Å². The summed E-state index contributed by atoms with van der Waals surface area (Å²) in [5.41, 5.74) is 5.95. The van der Waals surface area contributed by atoms with Gasteiger partial charge in [0.15, 0.2) is 0 Å². The molecule has 2 rings (SSSR count). The summed E-state index contributed by atoms with van der Waals surface area (Å²) in [6, 6.07) is 11.9. The summed E-state index contributed by atoms with van der Waals surface area (Å²) in [6.45, 7) is 3.89. The van der Waals surface area contributed by atoms with Crippen molar-refractivity contribution < 1.29 is 19.3 Å². The predicted molar refractivity (Wildman–Crippen MR) is 112 cm³/mol. The van der Waals surface area contributed by atoms with Crippen molar-refractivity contribution in [2.24, 2.45) is 5.92 Å². The number of hydrazine groups is 1. The standard InChI is InChI=1S/C21H22N4O5/c1-14(2)13-20(27)22-17-8-6-16(7-9-17)21(28)24-23-19(26)12-5-15-3-10-18(11-4-15)25(29)30/h3-12,14H,13H2,1-2H3,(H,22,27)(H,23,26)(H,24,28)/b12-5+. The second-order valence-electron chi connectivity index (χ2n) is 6.85. The number of nitro groups is 1. The Morgan fingerprint density at radius 1 is 1.00 bits per heavy atom. The average Bonchev–Trinajstić information content (AvgIpc) is 2.70. The Bertz CT molecular complexity index is 950. The lowest BCUT2D eigenvalue weighted by Gasteiger charge is -2.08. The van der Waals surface area contributed by atoms with Crippen LogP contribution in [-0.2, 0) is 9.59 Å². The number of hydrogen-bond acceptors (Lipinski definition) is 5. The molecule has 9 nitrogen and oxygen atoms in total. The minimum Gasteiger partial charge on any atom is -0.326 e. The third-order valence-corrected chi connectivity index (χ3v) is 3.85. The van der Waals surface area contributed by atoms with Crippen LogP contribution in [0.15, 0.2) is 54.6 Å². The minimum absolute atomic E-state index is 0.0469. The molecule has 2 aromatic carbocycles. The van der Waals surface area contributed by atoms with Gasteiger partial charge in [0, 0.05) is 35.9 Å². The molecule has 0 radical (unpaired) electrons. The number of nitrogens with one attached hydrogen (secondary N) is 3. The minimum atomic E-state index is -0.570. The van der Waals surface area contributed by atoms with E-state index >= 15 is 0 Å². The van der Waals surface area contributed by atoms with E-state index in [0.717, 1.165) is 0 Å². The van der Waals surface area contributed by atoms with E-state index in [2.05, 4.69) is 16.2 Å². The molecule has 0 aliphatic rings. The van der Waals surface area contributed by atoms with E-state index in [1.165, 1.54) is 48.6 Å². The molecule has 3 amide bonds. The fourth-order valence-corrected chi connectivity index (χ4v) is 2.40. The van der Waals surface area contributed by atoms with Crippen molar-refractivity contribution in [2.75, 3.05) is 5.32 Å². The van der Waals surface area contributed by atoms with Crippen LogP contribution in [0.5, 0.6) is 0 Å². The van der Waals surface area contributed by atoms with Gasteiger partial charge < -0.3 is 5.32 Å². The normalized spacial score (nSPS) is 10.6. The van der Waals surface area contributed by atoms with Crippen LogP contribution in [0.2, 0.25) is 0 Å². The van der Waals surface area contributed by atoms with Gasteiger partial charge in [-0.15, -0.1) is 0 Å². The zero-order valence-electron chi connectivity index (χ0n) is 16.5. The fourth-order valence-electron chi connectivity index (χ4n) is 2.40. The number of amides is 3. The Morgan fingerprint density at radius 2 is 1.63 bits per heavy atom. The first kappa shape index (κ1) is 22.3. The number of nitrogens with zero attached hydrogens (tertiary/aromatic N) is 1. The van der Waals surface area contributed by atoms with E-state index in [0.29, 0.717) is 23.2 Å². The molecule has 0 bridgehead atoms. The molecule has 0 aromatic heterocycles. The van der Waals surface area contributed by atoms with E-state index in [1.54, 1.807) is 12.1 Å². The quantitative estimate of drug-likeness (QED) is 0.367. The van der Waals surface area contributed by atoms with Gasteiger partial charge in [0.25, 0.3) is 17.5 Å². The third-order valence-electron chi connectivity index (χ3n) is 3.85. The molecule has 0 aliphatic heterocycles. The van der Waals surface area contributed by atoms with Crippen molar-refractivity contribution in [3.63, 3.8) is 0 Å². The number of benzene rings is 2. The summed E-state index contributed by atoms with van der Waals surface area (Å²) >= 11 is 0. The lowest BCUT2D eigenvalue weighted by Crippen LogP contribution is -2.40. The van der Waals surface area contributed by atoms with Crippen LogP contribution in [-0.4, -0.2) is 22.6 Å². The van der Waals surface area contributed by atoms with Crippen LogP contribution in [0, 0.1) is 16.0 Å². The highest BCUT2D eigenvalue weighted by Gasteiger charge is 2.08. The molecular formula is C21H22N4O5. The molecule has 0 spiro atoms. The van der Waals surface area contributed by atoms with Crippen molar-refractivity contribution in [3.8, 4) is 0 Å². The summed E-state index contributed by atoms with van der Waals surface area (Å²) in [4.78, 5) is 45.8. The van der Waals surface area contributed by atoms with Gasteiger partial charge in [0.2, 0.25) is 5.91 Å². The number of rotatable bonds is 7. The second-order valence-corrected chi connectivity index (χ2v) is 6.85. The van der Waals surface area contributed by atoms with Gasteiger partial charge in [-0.2, -0.15) is 0 Å². The molecule has 0 atom stereocenters. The first-order chi connectivity index (χ1) is 14.2. The Balaban J connectivity index is 1.83. The largest absolute Gasteiger partial charge is 0.326 e. The van der Waals surface area contributed by atoms with Crippen molar-refractivity contribution in [3.05, 3.63) is 75.8 Å². The molecule has 0 aliphatic carbocycles. The molecule has 9 heteroatoms. The van der Waals surface area contributed by atoms with Gasteiger partial charge in [-0.25, -0.2) is 0 Å². The summed E-state index contributed by atoms with van der Waals surface area (Å²) < 4.78 is 0. The van der Waals surface area contributed by atoms with Crippen LogP contribution in [0.25, 0.3) is 6.08 Å². The van der Waals surface area contributed by atoms with Crippen molar-refractivity contribution in [1.82, 2.24) is 10.9 Å². The molecule has 30 heavy (non-hydrogen) atoms. The van der Waals surface area contributed by atoms with Gasteiger partial charge in [0.1, 0.15) is 0 Å². The topological polar surface area (TPSA) is 130 Å². The third kappa shape index (κ3) is 7.19. The maximum Gasteiger partial charge on any atom is 0.269 e.